The second-order valence-corrected chi connectivity index (χ2v) is 6.60. The molecule has 1 aromatic carbocycles. The predicted molar refractivity (Wildman–Crippen MR) is 82.8 cm³/mol. The van der Waals surface area contributed by atoms with Crippen LogP contribution in [0.1, 0.15) is 52.1 Å². The first-order valence-electron chi connectivity index (χ1n) is 7.26. The number of carbonyl (C=O) groups is 2. The molecule has 0 heterocycles. The maximum absolute atomic E-state index is 12.2. The molecule has 2 atom stereocenters. The van der Waals surface area contributed by atoms with Crippen LogP contribution < -0.4 is 5.32 Å². The highest BCUT2D eigenvalue weighted by Crippen LogP contribution is 2.28. The Morgan fingerprint density at radius 1 is 1.14 bits per heavy atom. The van der Waals surface area contributed by atoms with Gasteiger partial charge in [0.05, 0.1) is 12.5 Å². The highest BCUT2D eigenvalue weighted by molar-refractivity contribution is 5.78. The number of benzene rings is 1. The van der Waals surface area contributed by atoms with Crippen molar-refractivity contribution in [2.24, 2.45) is 11.3 Å². The zero-order valence-corrected chi connectivity index (χ0v) is 13.2. The lowest BCUT2D eigenvalue weighted by atomic mass is 9.80. The Hall–Kier alpha value is -1.84. The maximum atomic E-state index is 12.2. The maximum Gasteiger partial charge on any atom is 0.305 e. The van der Waals surface area contributed by atoms with Gasteiger partial charge in [-0.3, -0.25) is 9.59 Å². The van der Waals surface area contributed by atoms with Gasteiger partial charge in [0, 0.05) is 6.42 Å². The van der Waals surface area contributed by atoms with E-state index < -0.39 is 12.0 Å². The third kappa shape index (κ3) is 5.98. The van der Waals surface area contributed by atoms with Gasteiger partial charge in [0.15, 0.2) is 0 Å². The number of hydrogen-bond acceptors (Lipinski definition) is 2. The highest BCUT2D eigenvalue weighted by Gasteiger charge is 2.24. The summed E-state index contributed by atoms with van der Waals surface area (Å²) in [4.78, 5) is 23.2. The summed E-state index contributed by atoms with van der Waals surface area (Å²) in [7, 11) is 0. The van der Waals surface area contributed by atoms with Crippen LogP contribution in [0.5, 0.6) is 0 Å². The van der Waals surface area contributed by atoms with E-state index in [0.29, 0.717) is 6.42 Å². The molecule has 116 valence electrons. The van der Waals surface area contributed by atoms with Crippen LogP contribution in [0.2, 0.25) is 0 Å². The smallest absolute Gasteiger partial charge is 0.305 e. The van der Waals surface area contributed by atoms with Gasteiger partial charge in [-0.2, -0.15) is 0 Å². The fraction of sp³-hybridized carbons (Fsp3) is 0.529. The lowest BCUT2D eigenvalue weighted by Crippen LogP contribution is -2.33. The molecule has 1 aromatic rings. The zero-order chi connectivity index (χ0) is 16.0. The largest absolute Gasteiger partial charge is 0.481 e. The molecule has 0 spiro atoms. The summed E-state index contributed by atoms with van der Waals surface area (Å²) >= 11 is 0. The van der Waals surface area contributed by atoms with Crippen LogP contribution in [-0.4, -0.2) is 17.0 Å². The average Bonchev–Trinajstić information content (AvgIpc) is 2.37. The molecule has 4 heteroatoms. The van der Waals surface area contributed by atoms with Gasteiger partial charge in [0.25, 0.3) is 0 Å². The SMILES string of the molecule is CC(CC(=O)NC(CC(=O)O)c1ccccc1)C(C)(C)C. The number of carboxylic acid groups (broad SMARTS) is 1. The molecule has 0 radical (unpaired) electrons. The summed E-state index contributed by atoms with van der Waals surface area (Å²) in [5, 5.41) is 11.9. The van der Waals surface area contributed by atoms with E-state index >= 15 is 0 Å². The van der Waals surface area contributed by atoms with Gasteiger partial charge in [-0.1, -0.05) is 58.0 Å². The molecule has 0 saturated heterocycles. The minimum atomic E-state index is -0.923. The van der Waals surface area contributed by atoms with Crippen LogP contribution >= 0.6 is 0 Å². The molecular formula is C17H25NO3. The van der Waals surface area contributed by atoms with Gasteiger partial charge < -0.3 is 10.4 Å². The van der Waals surface area contributed by atoms with E-state index in [4.69, 9.17) is 5.11 Å². The Morgan fingerprint density at radius 3 is 2.19 bits per heavy atom. The van der Waals surface area contributed by atoms with Gasteiger partial charge in [-0.25, -0.2) is 0 Å². The van der Waals surface area contributed by atoms with E-state index in [1.807, 2.05) is 37.3 Å². The minimum absolute atomic E-state index is 0.0480. The fourth-order valence-corrected chi connectivity index (χ4v) is 1.95. The molecule has 2 N–H and O–H groups in total. The Kier molecular flexibility index (Phi) is 5.94. The first-order chi connectivity index (χ1) is 9.70. The van der Waals surface area contributed by atoms with E-state index in [-0.39, 0.29) is 23.7 Å². The number of amides is 1. The zero-order valence-electron chi connectivity index (χ0n) is 13.2. The van der Waals surface area contributed by atoms with Crippen LogP contribution in [0.4, 0.5) is 0 Å². The van der Waals surface area contributed by atoms with Crippen molar-refractivity contribution in [1.82, 2.24) is 5.32 Å². The van der Waals surface area contributed by atoms with Crippen molar-refractivity contribution in [3.05, 3.63) is 35.9 Å². The lowest BCUT2D eigenvalue weighted by Gasteiger charge is -2.27. The normalized spacial score (nSPS) is 14.3. The van der Waals surface area contributed by atoms with E-state index in [1.54, 1.807) is 0 Å². The molecule has 0 aliphatic rings. The van der Waals surface area contributed by atoms with Crippen LogP contribution in [0, 0.1) is 11.3 Å². The van der Waals surface area contributed by atoms with Crippen molar-refractivity contribution in [2.45, 2.75) is 46.6 Å². The van der Waals surface area contributed by atoms with E-state index in [1.165, 1.54) is 0 Å². The van der Waals surface area contributed by atoms with Crippen molar-refractivity contribution in [3.8, 4) is 0 Å². The Bertz CT molecular complexity index is 477. The molecule has 0 fully saturated rings. The van der Waals surface area contributed by atoms with Gasteiger partial charge >= 0.3 is 5.97 Å². The van der Waals surface area contributed by atoms with E-state index in [2.05, 4.69) is 26.1 Å². The van der Waals surface area contributed by atoms with Gasteiger partial charge in [0.1, 0.15) is 0 Å². The first kappa shape index (κ1) is 17.2. The van der Waals surface area contributed by atoms with Gasteiger partial charge in [0.2, 0.25) is 5.91 Å². The molecule has 0 bridgehead atoms. The summed E-state index contributed by atoms with van der Waals surface area (Å²) in [6.45, 7) is 8.32. The second-order valence-electron chi connectivity index (χ2n) is 6.60. The van der Waals surface area contributed by atoms with Gasteiger partial charge in [-0.15, -0.1) is 0 Å². The lowest BCUT2D eigenvalue weighted by molar-refractivity contribution is -0.137. The number of aliphatic carboxylic acids is 1. The third-order valence-electron chi connectivity index (χ3n) is 3.89. The van der Waals surface area contributed by atoms with Crippen molar-refractivity contribution >= 4 is 11.9 Å². The van der Waals surface area contributed by atoms with Crippen LogP contribution in [0.15, 0.2) is 30.3 Å². The second kappa shape index (κ2) is 7.25. The number of nitrogens with one attached hydrogen (secondary N) is 1. The minimum Gasteiger partial charge on any atom is -0.481 e. The Labute approximate surface area is 126 Å². The molecule has 0 saturated carbocycles. The molecule has 21 heavy (non-hydrogen) atoms. The molecule has 1 rings (SSSR count). The average molecular weight is 291 g/mol. The van der Waals surface area contributed by atoms with Crippen molar-refractivity contribution in [2.75, 3.05) is 0 Å². The molecular weight excluding hydrogens is 266 g/mol. The molecule has 1 amide bonds. The number of carboxylic acids is 1. The Morgan fingerprint density at radius 2 is 1.71 bits per heavy atom. The third-order valence-corrected chi connectivity index (χ3v) is 3.89. The van der Waals surface area contributed by atoms with Crippen molar-refractivity contribution in [1.29, 1.82) is 0 Å². The highest BCUT2D eigenvalue weighted by atomic mass is 16.4. The summed E-state index contributed by atoms with van der Waals surface area (Å²) < 4.78 is 0. The van der Waals surface area contributed by atoms with Crippen LogP contribution in [0.25, 0.3) is 0 Å². The molecule has 4 nitrogen and oxygen atoms in total. The predicted octanol–water partition coefficient (Wildman–Crippen LogP) is 3.39. The monoisotopic (exact) mass is 291 g/mol. The van der Waals surface area contributed by atoms with Crippen molar-refractivity contribution < 1.29 is 14.7 Å². The Balaban J connectivity index is 2.74. The topological polar surface area (TPSA) is 66.4 Å². The quantitative estimate of drug-likeness (QED) is 0.844. The fourth-order valence-electron chi connectivity index (χ4n) is 1.95. The van der Waals surface area contributed by atoms with Crippen LogP contribution in [-0.2, 0) is 9.59 Å². The molecule has 2 unspecified atom stereocenters. The molecule has 0 aromatic heterocycles. The first-order valence-corrected chi connectivity index (χ1v) is 7.26. The number of hydrogen-bond donors (Lipinski definition) is 2. The van der Waals surface area contributed by atoms with E-state index in [0.717, 1.165) is 5.56 Å². The van der Waals surface area contributed by atoms with E-state index in [9.17, 15) is 9.59 Å². The van der Waals surface area contributed by atoms with Crippen LogP contribution in [0.3, 0.4) is 0 Å². The molecule has 0 aliphatic heterocycles. The number of rotatable bonds is 6. The summed E-state index contributed by atoms with van der Waals surface area (Å²) in [6, 6.07) is 8.73. The van der Waals surface area contributed by atoms with Gasteiger partial charge in [-0.05, 0) is 16.9 Å². The van der Waals surface area contributed by atoms with Crippen molar-refractivity contribution in [3.63, 3.8) is 0 Å². The summed E-state index contributed by atoms with van der Waals surface area (Å²) in [5.41, 5.74) is 0.864. The summed E-state index contributed by atoms with van der Waals surface area (Å²) in [6.07, 6.45) is 0.284. The standard InChI is InChI=1S/C17H25NO3/c1-12(17(2,3)4)10-15(19)18-14(11-16(20)21)13-8-6-5-7-9-13/h5-9,12,14H,10-11H2,1-4H3,(H,18,19)(H,20,21). The number of carbonyl (C=O) groups excluding carboxylic acids is 1. The summed E-state index contributed by atoms with van der Waals surface area (Å²) in [5.74, 6) is -0.806. The molecule has 0 aliphatic carbocycles.